The molecule has 0 bridgehead atoms. The quantitative estimate of drug-likeness (QED) is 0.160. The maximum absolute atomic E-state index is 14.7. The number of carbonyl (C=O) groups is 2. The minimum Gasteiger partial charge on any atom is -0.493 e. The summed E-state index contributed by atoms with van der Waals surface area (Å²) in [6, 6.07) is 26.9. The van der Waals surface area contributed by atoms with Gasteiger partial charge in [0.1, 0.15) is 12.6 Å². The summed E-state index contributed by atoms with van der Waals surface area (Å²) in [6.45, 7) is 1.36. The Labute approximate surface area is 293 Å². The van der Waals surface area contributed by atoms with E-state index in [9.17, 15) is 18.0 Å². The Kier molecular flexibility index (Phi) is 11.9. The first-order chi connectivity index (χ1) is 23.6. The molecular weight excluding hydrogens is 662 g/mol. The Morgan fingerprint density at radius 2 is 1.53 bits per heavy atom. The Morgan fingerprint density at radius 1 is 0.857 bits per heavy atom. The largest absolute Gasteiger partial charge is 0.493 e. The van der Waals surface area contributed by atoms with Gasteiger partial charge in [-0.25, -0.2) is 8.42 Å². The van der Waals surface area contributed by atoms with E-state index in [1.165, 1.54) is 37.3 Å². The fourth-order valence-electron chi connectivity index (χ4n) is 6.10. The fraction of sp³-hybridized carbons (Fsp3) is 0.316. The van der Waals surface area contributed by atoms with Gasteiger partial charge in [0.05, 0.1) is 24.8 Å². The van der Waals surface area contributed by atoms with Gasteiger partial charge in [-0.05, 0) is 67.3 Å². The van der Waals surface area contributed by atoms with Crippen LogP contribution in [0.2, 0.25) is 5.02 Å². The van der Waals surface area contributed by atoms with Gasteiger partial charge in [-0.1, -0.05) is 84.6 Å². The van der Waals surface area contributed by atoms with Crippen molar-refractivity contribution >= 4 is 39.1 Å². The average Bonchev–Trinajstić information content (AvgIpc) is 3.62. The number of carbonyl (C=O) groups excluding carboxylic acids is 2. The number of ether oxygens (including phenoxy) is 2. The molecule has 1 aliphatic carbocycles. The Balaban J connectivity index is 1.58. The van der Waals surface area contributed by atoms with Gasteiger partial charge in [0.25, 0.3) is 10.0 Å². The molecule has 1 atom stereocenters. The van der Waals surface area contributed by atoms with Gasteiger partial charge in [0.15, 0.2) is 11.5 Å². The molecule has 0 radical (unpaired) electrons. The number of anilines is 1. The van der Waals surface area contributed by atoms with E-state index in [4.69, 9.17) is 21.1 Å². The predicted octanol–water partition coefficient (Wildman–Crippen LogP) is 6.56. The van der Waals surface area contributed by atoms with Crippen LogP contribution in [-0.4, -0.2) is 58.0 Å². The SMILES string of the molecule is COc1ccc(S(=O)(=O)N(CC(=O)N(Cc2cccc(Cl)c2)[C@H](Cc2ccccc2)C(=O)NC2CCCC2)c2ccc(C)cc2)cc1OC. The van der Waals surface area contributed by atoms with Crippen LogP contribution in [0.15, 0.2) is 102 Å². The second-order valence-corrected chi connectivity index (χ2v) is 14.5. The third-order valence-corrected chi connectivity index (χ3v) is 10.8. The van der Waals surface area contributed by atoms with Crippen LogP contribution < -0.4 is 19.1 Å². The second-order valence-electron chi connectivity index (χ2n) is 12.2. The number of halogens is 1. The van der Waals surface area contributed by atoms with E-state index in [0.717, 1.165) is 41.1 Å². The number of nitrogens with zero attached hydrogens (tertiary/aromatic N) is 2. The summed E-state index contributed by atoms with van der Waals surface area (Å²) in [6.07, 6.45) is 4.03. The number of sulfonamides is 1. The number of aryl methyl sites for hydroxylation is 1. The van der Waals surface area contributed by atoms with Crippen molar-refractivity contribution in [2.75, 3.05) is 25.1 Å². The number of methoxy groups -OCH3 is 2. The van der Waals surface area contributed by atoms with Crippen LogP contribution >= 0.6 is 11.6 Å². The molecule has 0 aromatic heterocycles. The molecular formula is C38H42ClN3O6S. The zero-order valence-corrected chi connectivity index (χ0v) is 29.5. The van der Waals surface area contributed by atoms with E-state index in [-0.39, 0.29) is 35.6 Å². The van der Waals surface area contributed by atoms with Crippen LogP contribution in [0.25, 0.3) is 0 Å². The van der Waals surface area contributed by atoms with Crippen LogP contribution in [0.1, 0.15) is 42.4 Å². The molecule has 49 heavy (non-hydrogen) atoms. The molecule has 2 amide bonds. The van der Waals surface area contributed by atoms with E-state index in [1.807, 2.05) is 43.3 Å². The number of hydrogen-bond acceptors (Lipinski definition) is 6. The lowest BCUT2D eigenvalue weighted by Gasteiger charge is -2.34. The van der Waals surface area contributed by atoms with Crippen LogP contribution in [0, 0.1) is 6.92 Å². The molecule has 0 aliphatic heterocycles. The summed E-state index contributed by atoms with van der Waals surface area (Å²) in [4.78, 5) is 30.3. The second kappa shape index (κ2) is 16.2. The Bertz CT molecular complexity index is 1850. The molecule has 9 nitrogen and oxygen atoms in total. The first-order valence-electron chi connectivity index (χ1n) is 16.3. The summed E-state index contributed by atoms with van der Waals surface area (Å²) >= 11 is 6.35. The molecule has 0 saturated heterocycles. The van der Waals surface area contributed by atoms with E-state index in [1.54, 1.807) is 42.5 Å². The standard InChI is InChI=1S/C38H42ClN3O6S/c1-27-16-18-32(19-17-27)42(49(45,46)33-20-21-35(47-2)36(24-33)48-3)26-37(43)41(25-29-12-9-13-30(39)22-29)34(23-28-10-5-4-6-11-28)38(44)40-31-14-7-8-15-31/h4-6,9-13,16-22,24,31,34H,7-8,14-15,23,25-26H2,1-3H3,(H,40,44)/t34-/m1/s1. The Morgan fingerprint density at radius 3 is 2.18 bits per heavy atom. The van der Waals surface area contributed by atoms with Gasteiger partial charge in [-0.2, -0.15) is 0 Å². The fourth-order valence-corrected chi connectivity index (χ4v) is 7.74. The zero-order valence-electron chi connectivity index (χ0n) is 28.0. The van der Waals surface area contributed by atoms with Crippen LogP contribution in [0.4, 0.5) is 5.69 Å². The van der Waals surface area contributed by atoms with Gasteiger partial charge in [-0.15, -0.1) is 0 Å². The molecule has 4 aromatic rings. The van der Waals surface area contributed by atoms with Gasteiger partial charge in [0, 0.05) is 30.1 Å². The summed E-state index contributed by atoms with van der Waals surface area (Å²) in [5.74, 6) is -0.236. The Hall–Kier alpha value is -4.54. The van der Waals surface area contributed by atoms with Crippen LogP contribution in [-0.2, 0) is 32.6 Å². The minimum absolute atomic E-state index is 0.0170. The van der Waals surface area contributed by atoms with Crippen molar-refractivity contribution in [1.82, 2.24) is 10.2 Å². The number of nitrogens with one attached hydrogen (secondary N) is 1. The highest BCUT2D eigenvalue weighted by molar-refractivity contribution is 7.92. The van der Waals surface area contributed by atoms with E-state index in [0.29, 0.717) is 22.0 Å². The molecule has 0 unspecified atom stereocenters. The molecule has 4 aromatic carbocycles. The number of hydrogen-bond donors (Lipinski definition) is 1. The lowest BCUT2D eigenvalue weighted by molar-refractivity contribution is -0.140. The monoisotopic (exact) mass is 703 g/mol. The minimum atomic E-state index is -4.33. The first kappa shape index (κ1) is 35.8. The maximum atomic E-state index is 14.7. The van der Waals surface area contributed by atoms with Gasteiger partial charge in [-0.3, -0.25) is 13.9 Å². The average molecular weight is 704 g/mol. The first-order valence-corrected chi connectivity index (χ1v) is 18.1. The van der Waals surface area contributed by atoms with Crippen molar-refractivity contribution in [3.05, 3.63) is 119 Å². The molecule has 258 valence electrons. The number of rotatable bonds is 14. The van der Waals surface area contributed by atoms with Crippen molar-refractivity contribution in [3.63, 3.8) is 0 Å². The molecule has 11 heteroatoms. The van der Waals surface area contributed by atoms with Crippen molar-refractivity contribution in [3.8, 4) is 11.5 Å². The summed E-state index contributed by atoms with van der Waals surface area (Å²) in [5.41, 5.74) is 2.79. The highest BCUT2D eigenvalue weighted by atomic mass is 35.5. The van der Waals surface area contributed by atoms with Crippen LogP contribution in [0.3, 0.4) is 0 Å². The van der Waals surface area contributed by atoms with E-state index >= 15 is 0 Å². The molecule has 1 saturated carbocycles. The maximum Gasteiger partial charge on any atom is 0.264 e. The molecule has 1 N–H and O–H groups in total. The molecule has 0 spiro atoms. The zero-order chi connectivity index (χ0) is 35.0. The van der Waals surface area contributed by atoms with Crippen molar-refractivity contribution in [1.29, 1.82) is 0 Å². The molecule has 1 fully saturated rings. The predicted molar refractivity (Wildman–Crippen MR) is 192 cm³/mol. The normalized spacial score (nSPS) is 13.8. The highest BCUT2D eigenvalue weighted by Crippen LogP contribution is 2.33. The van der Waals surface area contributed by atoms with Crippen LogP contribution in [0.5, 0.6) is 11.5 Å². The molecule has 5 rings (SSSR count). The van der Waals surface area contributed by atoms with Gasteiger partial charge in [0.2, 0.25) is 11.8 Å². The third kappa shape index (κ3) is 8.93. The van der Waals surface area contributed by atoms with Gasteiger partial charge < -0.3 is 19.7 Å². The highest BCUT2D eigenvalue weighted by Gasteiger charge is 2.36. The lowest BCUT2D eigenvalue weighted by Crippen LogP contribution is -2.54. The van der Waals surface area contributed by atoms with Crippen molar-refractivity contribution < 1.29 is 27.5 Å². The number of amides is 2. The van der Waals surface area contributed by atoms with E-state index in [2.05, 4.69) is 5.32 Å². The molecule has 0 heterocycles. The van der Waals surface area contributed by atoms with E-state index < -0.39 is 28.5 Å². The third-order valence-electron chi connectivity index (χ3n) is 8.76. The summed E-state index contributed by atoms with van der Waals surface area (Å²) < 4.78 is 40.7. The lowest BCUT2D eigenvalue weighted by atomic mass is 10.0. The summed E-state index contributed by atoms with van der Waals surface area (Å²) in [7, 11) is -1.44. The van der Waals surface area contributed by atoms with Crippen molar-refractivity contribution in [2.24, 2.45) is 0 Å². The smallest absolute Gasteiger partial charge is 0.264 e. The topological polar surface area (TPSA) is 105 Å². The summed E-state index contributed by atoms with van der Waals surface area (Å²) in [5, 5.41) is 3.67. The van der Waals surface area contributed by atoms with Crippen molar-refractivity contribution in [2.45, 2.75) is 62.6 Å². The van der Waals surface area contributed by atoms with Gasteiger partial charge >= 0.3 is 0 Å². The molecule has 1 aliphatic rings. The number of benzene rings is 4.